The van der Waals surface area contributed by atoms with Gasteiger partial charge in [-0.25, -0.2) is 18.4 Å². The molecule has 2 amide bonds. The van der Waals surface area contributed by atoms with Gasteiger partial charge in [-0.2, -0.15) is 0 Å². The maximum Gasteiger partial charge on any atom is 0.317 e. The lowest BCUT2D eigenvalue weighted by Gasteiger charge is -2.19. The number of rotatable bonds is 5. The van der Waals surface area contributed by atoms with Crippen molar-refractivity contribution in [3.05, 3.63) is 29.8 Å². The highest BCUT2D eigenvalue weighted by Crippen LogP contribution is 2.09. The van der Waals surface area contributed by atoms with Crippen molar-refractivity contribution in [2.75, 3.05) is 13.1 Å². The van der Waals surface area contributed by atoms with E-state index in [-0.39, 0.29) is 17.5 Å². The van der Waals surface area contributed by atoms with Crippen molar-refractivity contribution >= 4 is 16.1 Å². The minimum absolute atomic E-state index is 0.0436. The standard InChI is InChI=1S/C12H19N3O3S/c1-3-15(4-2)12(16)14-9-10-6-5-7-11(8-10)19(13,17)18/h5-8H,3-4,9H2,1-2H3,(H,14,16)(H2,13,17,18). The van der Waals surface area contributed by atoms with E-state index in [0.29, 0.717) is 18.7 Å². The first-order valence-electron chi connectivity index (χ1n) is 6.03. The molecule has 0 aromatic heterocycles. The summed E-state index contributed by atoms with van der Waals surface area (Å²) in [4.78, 5) is 13.4. The smallest absolute Gasteiger partial charge is 0.317 e. The van der Waals surface area contributed by atoms with Gasteiger partial charge in [-0.05, 0) is 31.5 Å². The van der Waals surface area contributed by atoms with Crippen molar-refractivity contribution in [1.29, 1.82) is 0 Å². The maximum atomic E-state index is 11.7. The molecule has 1 rings (SSSR count). The number of benzene rings is 1. The molecule has 0 unspecified atom stereocenters. The molecule has 0 saturated heterocycles. The molecule has 106 valence electrons. The van der Waals surface area contributed by atoms with Crippen LogP contribution in [0, 0.1) is 0 Å². The molecule has 19 heavy (non-hydrogen) atoms. The third kappa shape index (κ3) is 4.53. The number of amides is 2. The van der Waals surface area contributed by atoms with Gasteiger partial charge in [0.25, 0.3) is 0 Å². The number of primary sulfonamides is 1. The molecule has 1 aromatic rings. The molecule has 0 fully saturated rings. The lowest BCUT2D eigenvalue weighted by molar-refractivity contribution is 0.203. The van der Waals surface area contributed by atoms with Crippen LogP contribution >= 0.6 is 0 Å². The van der Waals surface area contributed by atoms with E-state index in [1.807, 2.05) is 13.8 Å². The highest BCUT2D eigenvalue weighted by Gasteiger charge is 2.10. The summed E-state index contributed by atoms with van der Waals surface area (Å²) < 4.78 is 22.4. The van der Waals surface area contributed by atoms with Crippen LogP contribution < -0.4 is 10.5 Å². The molecule has 0 bridgehead atoms. The molecule has 0 heterocycles. The summed E-state index contributed by atoms with van der Waals surface area (Å²) in [5.74, 6) is 0. The molecule has 0 saturated carbocycles. The van der Waals surface area contributed by atoms with Gasteiger partial charge in [0.15, 0.2) is 0 Å². The molecule has 0 aliphatic heterocycles. The van der Waals surface area contributed by atoms with E-state index in [0.717, 1.165) is 0 Å². The van der Waals surface area contributed by atoms with Crippen molar-refractivity contribution in [1.82, 2.24) is 10.2 Å². The Hall–Kier alpha value is -1.60. The predicted octanol–water partition coefficient (Wildman–Crippen LogP) is 0.885. The first-order valence-corrected chi connectivity index (χ1v) is 7.57. The van der Waals surface area contributed by atoms with Gasteiger partial charge in [0.05, 0.1) is 4.90 Å². The zero-order valence-electron chi connectivity index (χ0n) is 11.1. The number of hydrogen-bond acceptors (Lipinski definition) is 3. The Balaban J connectivity index is 2.71. The number of nitrogens with zero attached hydrogens (tertiary/aromatic N) is 1. The van der Waals surface area contributed by atoms with Gasteiger partial charge >= 0.3 is 6.03 Å². The first-order chi connectivity index (χ1) is 8.88. The Morgan fingerprint density at radius 1 is 1.32 bits per heavy atom. The number of nitrogens with two attached hydrogens (primary N) is 1. The number of hydrogen-bond donors (Lipinski definition) is 2. The minimum atomic E-state index is -3.71. The summed E-state index contributed by atoms with van der Waals surface area (Å²) in [5, 5.41) is 7.78. The minimum Gasteiger partial charge on any atom is -0.334 e. The molecule has 3 N–H and O–H groups in total. The van der Waals surface area contributed by atoms with Crippen LogP contribution in [0.15, 0.2) is 29.2 Å². The Morgan fingerprint density at radius 2 is 1.95 bits per heavy atom. The average Bonchev–Trinajstić information content (AvgIpc) is 2.37. The maximum absolute atomic E-state index is 11.7. The van der Waals surface area contributed by atoms with Crippen LogP contribution in [0.3, 0.4) is 0 Å². The van der Waals surface area contributed by atoms with Crippen LogP contribution in [0.1, 0.15) is 19.4 Å². The summed E-state index contributed by atoms with van der Waals surface area (Å²) in [6.07, 6.45) is 0. The van der Waals surface area contributed by atoms with Crippen molar-refractivity contribution in [3.63, 3.8) is 0 Å². The number of carbonyl (C=O) groups is 1. The number of urea groups is 1. The van der Waals surface area contributed by atoms with Crippen LogP contribution in [-0.2, 0) is 16.6 Å². The highest BCUT2D eigenvalue weighted by atomic mass is 32.2. The summed E-state index contributed by atoms with van der Waals surface area (Å²) in [6, 6.07) is 6.03. The second-order valence-electron chi connectivity index (χ2n) is 4.02. The molecule has 0 aliphatic carbocycles. The topological polar surface area (TPSA) is 92.5 Å². The molecule has 0 atom stereocenters. The van der Waals surface area contributed by atoms with Crippen LogP contribution in [-0.4, -0.2) is 32.4 Å². The molecular formula is C12H19N3O3S. The van der Waals surface area contributed by atoms with E-state index in [9.17, 15) is 13.2 Å². The van der Waals surface area contributed by atoms with E-state index < -0.39 is 10.0 Å². The normalized spacial score (nSPS) is 11.1. The fraction of sp³-hybridized carbons (Fsp3) is 0.417. The van der Waals surface area contributed by atoms with Gasteiger partial charge in [0.2, 0.25) is 10.0 Å². The predicted molar refractivity (Wildman–Crippen MR) is 73.0 cm³/mol. The second-order valence-corrected chi connectivity index (χ2v) is 5.58. The Kier molecular flexibility index (Phi) is 5.31. The molecule has 0 aliphatic rings. The van der Waals surface area contributed by atoms with Crippen LogP contribution in [0.25, 0.3) is 0 Å². The van der Waals surface area contributed by atoms with Crippen molar-refractivity contribution in [3.8, 4) is 0 Å². The van der Waals surface area contributed by atoms with E-state index in [1.165, 1.54) is 12.1 Å². The molecule has 1 aromatic carbocycles. The van der Waals surface area contributed by atoms with Gasteiger partial charge in [0.1, 0.15) is 0 Å². The lowest BCUT2D eigenvalue weighted by atomic mass is 10.2. The summed E-state index contributed by atoms with van der Waals surface area (Å²) in [5.41, 5.74) is 0.687. The van der Waals surface area contributed by atoms with Crippen LogP contribution in [0.4, 0.5) is 4.79 Å². The van der Waals surface area contributed by atoms with Crippen molar-refractivity contribution in [2.24, 2.45) is 5.14 Å². The largest absolute Gasteiger partial charge is 0.334 e. The lowest BCUT2D eigenvalue weighted by Crippen LogP contribution is -2.39. The van der Waals surface area contributed by atoms with Gasteiger partial charge in [0, 0.05) is 19.6 Å². The SMILES string of the molecule is CCN(CC)C(=O)NCc1cccc(S(N)(=O)=O)c1. The summed E-state index contributed by atoms with van der Waals surface area (Å²) in [6.45, 7) is 5.30. The fourth-order valence-corrected chi connectivity index (χ4v) is 2.22. The van der Waals surface area contributed by atoms with Crippen LogP contribution in [0.5, 0.6) is 0 Å². The molecule has 7 heteroatoms. The van der Waals surface area contributed by atoms with Gasteiger partial charge < -0.3 is 10.2 Å². The van der Waals surface area contributed by atoms with Crippen LogP contribution in [0.2, 0.25) is 0 Å². The van der Waals surface area contributed by atoms with Gasteiger partial charge in [-0.3, -0.25) is 0 Å². The number of carbonyl (C=O) groups excluding carboxylic acids is 1. The van der Waals surface area contributed by atoms with E-state index >= 15 is 0 Å². The third-order valence-corrected chi connectivity index (χ3v) is 3.63. The molecular weight excluding hydrogens is 266 g/mol. The zero-order chi connectivity index (χ0) is 14.5. The molecule has 0 radical (unpaired) electrons. The van der Waals surface area contributed by atoms with Gasteiger partial charge in [-0.1, -0.05) is 12.1 Å². The average molecular weight is 285 g/mol. The summed E-state index contributed by atoms with van der Waals surface area (Å²) in [7, 11) is -3.71. The Bertz CT molecular complexity index is 539. The van der Waals surface area contributed by atoms with Crippen molar-refractivity contribution in [2.45, 2.75) is 25.3 Å². The highest BCUT2D eigenvalue weighted by molar-refractivity contribution is 7.89. The van der Waals surface area contributed by atoms with E-state index in [2.05, 4.69) is 5.32 Å². The number of nitrogens with one attached hydrogen (secondary N) is 1. The second kappa shape index (κ2) is 6.53. The first kappa shape index (κ1) is 15.5. The van der Waals surface area contributed by atoms with E-state index in [4.69, 9.17) is 5.14 Å². The van der Waals surface area contributed by atoms with Gasteiger partial charge in [-0.15, -0.1) is 0 Å². The Morgan fingerprint density at radius 3 is 2.47 bits per heavy atom. The zero-order valence-corrected chi connectivity index (χ0v) is 11.9. The van der Waals surface area contributed by atoms with E-state index in [1.54, 1.807) is 17.0 Å². The number of sulfonamides is 1. The molecule has 6 nitrogen and oxygen atoms in total. The summed E-state index contributed by atoms with van der Waals surface area (Å²) >= 11 is 0. The quantitative estimate of drug-likeness (QED) is 0.841. The van der Waals surface area contributed by atoms with Crippen molar-refractivity contribution < 1.29 is 13.2 Å². The Labute approximate surface area is 113 Å². The fourth-order valence-electron chi connectivity index (χ4n) is 1.63. The third-order valence-electron chi connectivity index (χ3n) is 2.72. The monoisotopic (exact) mass is 285 g/mol. The molecule has 0 spiro atoms.